The number of aryl methyl sites for hydroxylation is 2. The van der Waals surface area contributed by atoms with Gasteiger partial charge in [-0.15, -0.1) is 0 Å². The van der Waals surface area contributed by atoms with Gasteiger partial charge in [-0.2, -0.15) is 4.31 Å². The summed E-state index contributed by atoms with van der Waals surface area (Å²) >= 11 is 6.25. The van der Waals surface area contributed by atoms with Crippen LogP contribution in [-0.4, -0.2) is 43.7 Å². The molecule has 2 N–H and O–H groups in total. The number of benzene rings is 2. The summed E-state index contributed by atoms with van der Waals surface area (Å²) in [6.45, 7) is 3.84. The van der Waals surface area contributed by atoms with Crippen molar-refractivity contribution in [1.29, 1.82) is 0 Å². The van der Waals surface area contributed by atoms with E-state index >= 15 is 0 Å². The van der Waals surface area contributed by atoms with Crippen LogP contribution < -0.4 is 15.4 Å². The van der Waals surface area contributed by atoms with Crippen molar-refractivity contribution in [3.8, 4) is 5.75 Å². The molecule has 1 atom stereocenters. The number of ether oxygens (including phenoxy) is 1. The van der Waals surface area contributed by atoms with Gasteiger partial charge in [-0.1, -0.05) is 29.3 Å². The number of halogens is 1. The van der Waals surface area contributed by atoms with E-state index in [0.29, 0.717) is 24.2 Å². The van der Waals surface area contributed by atoms with E-state index in [2.05, 4.69) is 10.6 Å². The number of carbonyl (C=O) groups is 2. The van der Waals surface area contributed by atoms with Gasteiger partial charge >= 0.3 is 0 Å². The Labute approximate surface area is 185 Å². The Bertz CT molecular complexity index is 1180. The zero-order valence-electron chi connectivity index (χ0n) is 17.1. The number of carbonyl (C=O) groups excluding carboxylic acids is 2. The summed E-state index contributed by atoms with van der Waals surface area (Å²) in [5.74, 6) is -0.509. The number of hydrogen-bond donors (Lipinski definition) is 2. The Balaban J connectivity index is 1.62. The van der Waals surface area contributed by atoms with Crippen molar-refractivity contribution < 1.29 is 22.7 Å². The number of amides is 2. The van der Waals surface area contributed by atoms with Crippen molar-refractivity contribution in [1.82, 2.24) is 4.31 Å². The van der Waals surface area contributed by atoms with Gasteiger partial charge in [0.05, 0.1) is 10.7 Å². The van der Waals surface area contributed by atoms with E-state index in [0.717, 1.165) is 11.1 Å². The minimum atomic E-state index is -4.07. The first kappa shape index (κ1) is 21.6. The fourth-order valence-electron chi connectivity index (χ4n) is 3.87. The molecule has 2 aliphatic rings. The molecule has 4 rings (SSSR count). The molecule has 2 aromatic carbocycles. The zero-order chi connectivity index (χ0) is 22.3. The van der Waals surface area contributed by atoms with Crippen LogP contribution in [0.2, 0.25) is 5.02 Å². The lowest BCUT2D eigenvalue weighted by molar-refractivity contribution is -0.119. The maximum atomic E-state index is 13.4. The summed E-state index contributed by atoms with van der Waals surface area (Å²) in [5, 5.41) is 5.39. The highest BCUT2D eigenvalue weighted by Crippen LogP contribution is 2.38. The zero-order valence-corrected chi connectivity index (χ0v) is 18.6. The minimum absolute atomic E-state index is 0.0509. The summed E-state index contributed by atoms with van der Waals surface area (Å²) in [5.41, 5.74) is 2.93. The van der Waals surface area contributed by atoms with Gasteiger partial charge in [-0.05, 0) is 44.4 Å². The normalized spacial score (nSPS) is 18.8. The summed E-state index contributed by atoms with van der Waals surface area (Å²) in [7, 11) is -4.07. The molecule has 2 aliphatic heterocycles. The summed E-state index contributed by atoms with van der Waals surface area (Å²) in [4.78, 5) is 24.3. The number of rotatable bonds is 4. The number of anilines is 2. The van der Waals surface area contributed by atoms with Crippen LogP contribution in [0.5, 0.6) is 5.75 Å². The lowest BCUT2D eigenvalue weighted by atomic mass is 10.1. The third-order valence-corrected chi connectivity index (χ3v) is 7.77. The van der Waals surface area contributed by atoms with Crippen LogP contribution in [0.15, 0.2) is 35.2 Å². The van der Waals surface area contributed by atoms with Crippen LogP contribution in [0, 0.1) is 13.8 Å². The van der Waals surface area contributed by atoms with Crippen LogP contribution in [0.4, 0.5) is 11.4 Å². The lowest BCUT2D eigenvalue weighted by Crippen LogP contribution is -2.43. The first-order chi connectivity index (χ1) is 14.7. The highest BCUT2D eigenvalue weighted by molar-refractivity contribution is 7.89. The Kier molecular flexibility index (Phi) is 5.67. The average Bonchev–Trinajstić information content (AvgIpc) is 3.20. The molecule has 0 bridgehead atoms. The molecule has 1 fully saturated rings. The highest BCUT2D eigenvalue weighted by Gasteiger charge is 2.41. The molecule has 0 radical (unpaired) electrons. The van der Waals surface area contributed by atoms with Crippen molar-refractivity contribution >= 4 is 44.8 Å². The highest BCUT2D eigenvalue weighted by atomic mass is 35.5. The van der Waals surface area contributed by atoms with Gasteiger partial charge in [0.25, 0.3) is 5.91 Å². The molecule has 0 spiro atoms. The number of hydrogen-bond acceptors (Lipinski definition) is 5. The second kappa shape index (κ2) is 8.14. The van der Waals surface area contributed by atoms with Crippen LogP contribution in [0.25, 0.3) is 0 Å². The number of nitrogens with one attached hydrogen (secondary N) is 2. The van der Waals surface area contributed by atoms with Crippen LogP contribution in [-0.2, 0) is 19.6 Å². The van der Waals surface area contributed by atoms with Gasteiger partial charge in [0.2, 0.25) is 15.9 Å². The second-order valence-electron chi connectivity index (χ2n) is 7.70. The predicted molar refractivity (Wildman–Crippen MR) is 117 cm³/mol. The average molecular weight is 464 g/mol. The smallest absolute Gasteiger partial charge is 0.262 e. The van der Waals surface area contributed by atoms with Crippen LogP contribution >= 0.6 is 11.6 Å². The summed E-state index contributed by atoms with van der Waals surface area (Å²) in [6.07, 6.45) is 0.963. The number of sulfonamides is 1. The van der Waals surface area contributed by atoms with E-state index in [1.165, 1.54) is 16.4 Å². The largest absolute Gasteiger partial charge is 0.482 e. The molecule has 2 amide bonds. The number of fused-ring (bicyclic) bond motifs is 1. The van der Waals surface area contributed by atoms with E-state index in [4.69, 9.17) is 16.3 Å². The lowest BCUT2D eigenvalue weighted by Gasteiger charge is -2.25. The van der Waals surface area contributed by atoms with E-state index in [-0.39, 0.29) is 40.6 Å². The van der Waals surface area contributed by atoms with Gasteiger partial charge in [0.15, 0.2) is 6.61 Å². The summed E-state index contributed by atoms with van der Waals surface area (Å²) in [6, 6.07) is 7.44. The standard InChI is InChI=1S/C21H22ClN3O5S/c1-12-5-6-15(13(2)8-12)24-21(27)17-4-3-7-25(17)31(28,29)19-10-18-16(9-14(19)22)23-20(26)11-30-18/h5-6,8-10,17H,3-4,7,11H2,1-2H3,(H,23,26)(H,24,27)/t17-/m0/s1. The van der Waals surface area contributed by atoms with Gasteiger partial charge in [-0.25, -0.2) is 8.42 Å². The summed E-state index contributed by atoms with van der Waals surface area (Å²) < 4.78 is 33.3. The molecule has 8 nitrogen and oxygen atoms in total. The van der Waals surface area contributed by atoms with E-state index in [1.807, 2.05) is 32.0 Å². The fraction of sp³-hybridized carbons (Fsp3) is 0.333. The Hall–Kier alpha value is -2.62. The Morgan fingerprint density at radius 3 is 2.77 bits per heavy atom. The van der Waals surface area contributed by atoms with Crippen LogP contribution in [0.3, 0.4) is 0 Å². The van der Waals surface area contributed by atoms with E-state index < -0.39 is 16.1 Å². The predicted octanol–water partition coefficient (Wildman–Crippen LogP) is 3.08. The number of nitrogens with zero attached hydrogens (tertiary/aromatic N) is 1. The van der Waals surface area contributed by atoms with Gasteiger partial charge in [0, 0.05) is 18.3 Å². The van der Waals surface area contributed by atoms with Gasteiger partial charge in [-0.3, -0.25) is 9.59 Å². The van der Waals surface area contributed by atoms with Crippen molar-refractivity contribution in [3.05, 3.63) is 46.5 Å². The SMILES string of the molecule is Cc1ccc(NC(=O)[C@@H]2CCCN2S(=O)(=O)c2cc3c(cc2Cl)NC(=O)CO3)c(C)c1. The van der Waals surface area contributed by atoms with Crippen molar-refractivity contribution in [3.63, 3.8) is 0 Å². The molecular weight excluding hydrogens is 442 g/mol. The van der Waals surface area contributed by atoms with E-state index in [1.54, 1.807) is 0 Å². The molecule has 0 unspecified atom stereocenters. The maximum Gasteiger partial charge on any atom is 0.262 e. The molecule has 1 saturated heterocycles. The maximum absolute atomic E-state index is 13.4. The molecule has 164 valence electrons. The van der Waals surface area contributed by atoms with Gasteiger partial charge in [0.1, 0.15) is 16.7 Å². The first-order valence-electron chi connectivity index (χ1n) is 9.83. The molecule has 0 aliphatic carbocycles. The van der Waals surface area contributed by atoms with Crippen molar-refractivity contribution in [2.45, 2.75) is 37.6 Å². The quantitative estimate of drug-likeness (QED) is 0.725. The second-order valence-corrected chi connectivity index (χ2v) is 9.96. The van der Waals surface area contributed by atoms with Gasteiger partial charge < -0.3 is 15.4 Å². The molecular formula is C21H22ClN3O5S. The van der Waals surface area contributed by atoms with Crippen molar-refractivity contribution in [2.75, 3.05) is 23.8 Å². The molecule has 0 saturated carbocycles. The third kappa shape index (κ3) is 4.13. The molecule has 10 heteroatoms. The third-order valence-electron chi connectivity index (χ3n) is 5.40. The van der Waals surface area contributed by atoms with Crippen LogP contribution in [0.1, 0.15) is 24.0 Å². The van der Waals surface area contributed by atoms with Crippen molar-refractivity contribution in [2.24, 2.45) is 0 Å². The molecule has 2 heterocycles. The molecule has 2 aromatic rings. The fourth-order valence-corrected chi connectivity index (χ4v) is 6.04. The first-order valence-corrected chi connectivity index (χ1v) is 11.6. The van der Waals surface area contributed by atoms with E-state index in [9.17, 15) is 18.0 Å². The monoisotopic (exact) mass is 463 g/mol. The Morgan fingerprint density at radius 1 is 1.26 bits per heavy atom. The minimum Gasteiger partial charge on any atom is -0.482 e. The Morgan fingerprint density at radius 2 is 2.03 bits per heavy atom. The molecule has 0 aromatic heterocycles. The topological polar surface area (TPSA) is 105 Å². The molecule has 31 heavy (non-hydrogen) atoms.